The first-order valence-corrected chi connectivity index (χ1v) is 8.14. The second-order valence-corrected chi connectivity index (χ2v) is 5.62. The maximum atomic E-state index is 10.4. The normalized spacial score (nSPS) is 10.1. The molecule has 0 aliphatic rings. The summed E-state index contributed by atoms with van der Waals surface area (Å²) in [5, 5.41) is 17.4. The third kappa shape index (κ3) is 5.77. The third-order valence-corrected chi connectivity index (χ3v) is 3.76. The highest BCUT2D eigenvalue weighted by Gasteiger charge is 2.00. The summed E-state index contributed by atoms with van der Waals surface area (Å²) in [5.41, 5.74) is 2.81. The van der Waals surface area contributed by atoms with Crippen molar-refractivity contribution in [1.29, 1.82) is 5.26 Å². The Morgan fingerprint density at radius 3 is 2.08 bits per heavy atom. The Morgan fingerprint density at radius 2 is 1.50 bits per heavy atom. The molecule has 0 aliphatic heterocycles. The molecule has 0 fully saturated rings. The Bertz CT molecular complexity index is 684. The topological polar surface area (TPSA) is 70.3 Å². The van der Waals surface area contributed by atoms with Gasteiger partial charge in [0.2, 0.25) is 0 Å². The summed E-state index contributed by atoms with van der Waals surface area (Å²) in [5.74, 6) is 0.103. The van der Waals surface area contributed by atoms with Crippen molar-refractivity contribution < 1.29 is 14.6 Å². The molecule has 0 amide bonds. The smallest absolute Gasteiger partial charge is 0.303 e. The molecule has 0 atom stereocenters. The van der Waals surface area contributed by atoms with Crippen LogP contribution in [-0.2, 0) is 4.79 Å². The lowest BCUT2D eigenvalue weighted by Gasteiger charge is -2.07. The molecule has 1 N–H and O–H groups in total. The first-order chi connectivity index (χ1) is 11.7. The van der Waals surface area contributed by atoms with Crippen LogP contribution in [0.1, 0.15) is 37.7 Å². The summed E-state index contributed by atoms with van der Waals surface area (Å²) in [4.78, 5) is 10.4. The molecular formula is C20H21NO3. The van der Waals surface area contributed by atoms with Crippen LogP contribution in [0.15, 0.2) is 48.5 Å². The van der Waals surface area contributed by atoms with Crippen molar-refractivity contribution >= 4 is 5.97 Å². The molecule has 4 heteroatoms. The standard InChI is InChI=1S/C20H21NO3/c21-15-16-6-8-17(9-7-16)18-10-12-19(13-11-18)24-14-4-2-1-3-5-20(22)23/h6-13H,1-5,14H2,(H,22,23). The summed E-state index contributed by atoms with van der Waals surface area (Å²) in [6.45, 7) is 0.642. The molecule has 0 radical (unpaired) electrons. The minimum atomic E-state index is -0.728. The second kappa shape index (κ2) is 9.36. The average Bonchev–Trinajstić information content (AvgIpc) is 2.61. The van der Waals surface area contributed by atoms with Crippen LogP contribution in [0.5, 0.6) is 5.75 Å². The van der Waals surface area contributed by atoms with Crippen LogP contribution in [0.3, 0.4) is 0 Å². The Balaban J connectivity index is 1.74. The van der Waals surface area contributed by atoms with Crippen molar-refractivity contribution in [2.75, 3.05) is 6.61 Å². The molecule has 0 saturated carbocycles. The van der Waals surface area contributed by atoms with Crippen LogP contribution in [-0.4, -0.2) is 17.7 Å². The quantitative estimate of drug-likeness (QED) is 0.682. The number of unbranched alkanes of at least 4 members (excludes halogenated alkanes) is 3. The fraction of sp³-hybridized carbons (Fsp3) is 0.300. The summed E-state index contributed by atoms with van der Waals surface area (Å²) < 4.78 is 5.70. The number of ether oxygens (including phenoxy) is 1. The molecule has 0 spiro atoms. The van der Waals surface area contributed by atoms with Crippen molar-refractivity contribution in [1.82, 2.24) is 0 Å². The van der Waals surface area contributed by atoms with Crippen LogP contribution in [0, 0.1) is 11.3 Å². The van der Waals surface area contributed by atoms with E-state index in [0.29, 0.717) is 12.2 Å². The molecule has 0 saturated heterocycles. The van der Waals surface area contributed by atoms with Gasteiger partial charge in [-0.05, 0) is 48.2 Å². The predicted octanol–water partition coefficient (Wildman–Crippen LogP) is 4.64. The van der Waals surface area contributed by atoms with Gasteiger partial charge in [0.05, 0.1) is 18.2 Å². The zero-order valence-electron chi connectivity index (χ0n) is 13.6. The van der Waals surface area contributed by atoms with Crippen molar-refractivity contribution in [3.8, 4) is 22.9 Å². The van der Waals surface area contributed by atoms with E-state index in [0.717, 1.165) is 42.6 Å². The van der Waals surface area contributed by atoms with E-state index in [9.17, 15) is 4.79 Å². The summed E-state index contributed by atoms with van der Waals surface area (Å²) in [6.07, 6.45) is 3.81. The van der Waals surface area contributed by atoms with Gasteiger partial charge in [0.25, 0.3) is 0 Å². The average molecular weight is 323 g/mol. The monoisotopic (exact) mass is 323 g/mol. The van der Waals surface area contributed by atoms with Crippen LogP contribution >= 0.6 is 0 Å². The van der Waals surface area contributed by atoms with Gasteiger partial charge in [-0.3, -0.25) is 4.79 Å². The Morgan fingerprint density at radius 1 is 0.917 bits per heavy atom. The Kier molecular flexibility index (Phi) is 6.85. The predicted molar refractivity (Wildman–Crippen MR) is 92.8 cm³/mol. The van der Waals surface area contributed by atoms with Gasteiger partial charge in [-0.2, -0.15) is 5.26 Å². The van der Waals surface area contributed by atoms with Crippen LogP contribution in [0.2, 0.25) is 0 Å². The first kappa shape index (κ1) is 17.6. The van der Waals surface area contributed by atoms with Crippen molar-refractivity contribution in [2.45, 2.75) is 32.1 Å². The molecule has 2 aromatic carbocycles. The molecule has 0 aliphatic carbocycles. The molecule has 2 rings (SSSR count). The molecule has 0 unspecified atom stereocenters. The largest absolute Gasteiger partial charge is 0.494 e. The van der Waals surface area contributed by atoms with Crippen LogP contribution < -0.4 is 4.74 Å². The highest BCUT2D eigenvalue weighted by molar-refractivity contribution is 5.66. The van der Waals surface area contributed by atoms with Gasteiger partial charge in [-0.15, -0.1) is 0 Å². The Hall–Kier alpha value is -2.80. The van der Waals surface area contributed by atoms with Gasteiger partial charge < -0.3 is 9.84 Å². The first-order valence-electron chi connectivity index (χ1n) is 8.14. The summed E-state index contributed by atoms with van der Waals surface area (Å²) >= 11 is 0. The molecule has 0 aromatic heterocycles. The number of carboxylic acids is 1. The highest BCUT2D eigenvalue weighted by atomic mass is 16.5. The molecule has 4 nitrogen and oxygen atoms in total. The number of rotatable bonds is 9. The fourth-order valence-corrected chi connectivity index (χ4v) is 2.40. The maximum Gasteiger partial charge on any atom is 0.303 e. The second-order valence-electron chi connectivity index (χ2n) is 5.62. The number of nitrogens with zero attached hydrogens (tertiary/aromatic N) is 1. The van der Waals surface area contributed by atoms with Crippen molar-refractivity contribution in [3.63, 3.8) is 0 Å². The van der Waals surface area contributed by atoms with Crippen LogP contribution in [0.4, 0.5) is 0 Å². The van der Waals surface area contributed by atoms with Crippen LogP contribution in [0.25, 0.3) is 11.1 Å². The van der Waals surface area contributed by atoms with E-state index < -0.39 is 5.97 Å². The SMILES string of the molecule is N#Cc1ccc(-c2ccc(OCCCCCCC(=O)O)cc2)cc1. The lowest BCUT2D eigenvalue weighted by molar-refractivity contribution is -0.137. The van der Waals surface area contributed by atoms with Gasteiger partial charge in [0.15, 0.2) is 0 Å². The summed E-state index contributed by atoms with van der Waals surface area (Å²) in [7, 11) is 0. The molecule has 24 heavy (non-hydrogen) atoms. The fourth-order valence-electron chi connectivity index (χ4n) is 2.40. The minimum absolute atomic E-state index is 0.248. The van der Waals surface area contributed by atoms with Gasteiger partial charge in [-0.25, -0.2) is 0 Å². The molecular weight excluding hydrogens is 302 g/mol. The van der Waals surface area contributed by atoms with E-state index in [2.05, 4.69) is 6.07 Å². The van der Waals surface area contributed by atoms with E-state index in [-0.39, 0.29) is 6.42 Å². The lowest BCUT2D eigenvalue weighted by Crippen LogP contribution is -1.98. The third-order valence-electron chi connectivity index (χ3n) is 3.76. The van der Waals surface area contributed by atoms with E-state index in [1.54, 1.807) is 0 Å². The number of hydrogen-bond acceptors (Lipinski definition) is 3. The van der Waals surface area contributed by atoms with E-state index in [1.807, 2.05) is 48.5 Å². The van der Waals surface area contributed by atoms with E-state index in [1.165, 1.54) is 0 Å². The number of carbonyl (C=O) groups is 1. The number of carboxylic acid groups (broad SMARTS) is 1. The lowest BCUT2D eigenvalue weighted by atomic mass is 10.0. The van der Waals surface area contributed by atoms with Gasteiger partial charge in [0.1, 0.15) is 5.75 Å². The molecule has 0 heterocycles. The molecule has 124 valence electrons. The van der Waals surface area contributed by atoms with Gasteiger partial charge in [0, 0.05) is 6.42 Å². The maximum absolute atomic E-state index is 10.4. The molecule has 0 bridgehead atoms. The van der Waals surface area contributed by atoms with Crippen molar-refractivity contribution in [2.24, 2.45) is 0 Å². The number of nitriles is 1. The van der Waals surface area contributed by atoms with E-state index >= 15 is 0 Å². The summed E-state index contributed by atoms with van der Waals surface area (Å²) in [6, 6.07) is 17.5. The Labute approximate surface area is 142 Å². The highest BCUT2D eigenvalue weighted by Crippen LogP contribution is 2.23. The van der Waals surface area contributed by atoms with E-state index in [4.69, 9.17) is 15.1 Å². The number of benzene rings is 2. The van der Waals surface area contributed by atoms with Gasteiger partial charge in [-0.1, -0.05) is 37.1 Å². The number of hydrogen-bond donors (Lipinski definition) is 1. The zero-order chi connectivity index (χ0) is 17.2. The van der Waals surface area contributed by atoms with Gasteiger partial charge >= 0.3 is 5.97 Å². The van der Waals surface area contributed by atoms with Crippen molar-refractivity contribution in [3.05, 3.63) is 54.1 Å². The number of aliphatic carboxylic acids is 1. The molecule has 2 aromatic rings. The minimum Gasteiger partial charge on any atom is -0.494 e. The zero-order valence-corrected chi connectivity index (χ0v) is 13.6.